The number of aliphatic hydroxyl groups is 1. The molecule has 0 aliphatic carbocycles. The van der Waals surface area contributed by atoms with Gasteiger partial charge in [0.25, 0.3) is 0 Å². The lowest BCUT2D eigenvalue weighted by molar-refractivity contribution is -0.147. The Morgan fingerprint density at radius 3 is 2.30 bits per heavy atom. The van der Waals surface area contributed by atoms with Gasteiger partial charge in [0.1, 0.15) is 0 Å². The molecule has 4 heteroatoms. The van der Waals surface area contributed by atoms with Crippen molar-refractivity contribution in [2.45, 2.75) is 6.42 Å². The highest BCUT2D eigenvalue weighted by Crippen LogP contribution is 2.40. The molecule has 0 amide bonds. The number of carboxylic acid groups (broad SMARTS) is 1. The molecule has 0 saturated carbocycles. The summed E-state index contributed by atoms with van der Waals surface area (Å²) in [6.45, 7) is -0.0210. The Labute approximate surface area is 63.4 Å². The molecule has 1 fully saturated rings. The Hall–Kier alpha value is -0.220. The lowest BCUT2D eigenvalue weighted by atomic mass is 9.88. The van der Waals surface area contributed by atoms with Gasteiger partial charge in [0.15, 0.2) is 0 Å². The minimum absolute atomic E-state index is 0.0210. The summed E-state index contributed by atoms with van der Waals surface area (Å²) in [5, 5.41) is 17.2. The molecular formula is C6H10O3S. The van der Waals surface area contributed by atoms with Gasteiger partial charge in [-0.25, -0.2) is 0 Å². The number of aliphatic carboxylic acids is 1. The minimum atomic E-state index is -0.764. The highest BCUT2D eigenvalue weighted by molar-refractivity contribution is 8.00. The van der Waals surface area contributed by atoms with E-state index in [2.05, 4.69) is 0 Å². The van der Waals surface area contributed by atoms with Crippen molar-refractivity contribution in [2.75, 3.05) is 18.1 Å². The van der Waals surface area contributed by atoms with E-state index in [0.717, 1.165) is 0 Å². The predicted octanol–water partition coefficient (Wildman–Crippen LogP) is 0.187. The van der Waals surface area contributed by atoms with Crippen LogP contribution in [0.15, 0.2) is 0 Å². The van der Waals surface area contributed by atoms with Gasteiger partial charge in [-0.2, -0.15) is 11.8 Å². The van der Waals surface area contributed by atoms with Crippen LogP contribution in [0, 0.1) is 5.41 Å². The van der Waals surface area contributed by atoms with Crippen LogP contribution < -0.4 is 0 Å². The van der Waals surface area contributed by atoms with Crippen molar-refractivity contribution in [1.29, 1.82) is 0 Å². The average molecular weight is 162 g/mol. The summed E-state index contributed by atoms with van der Waals surface area (Å²) < 4.78 is 0. The highest BCUT2D eigenvalue weighted by atomic mass is 32.2. The normalized spacial score (nSPS) is 21.7. The van der Waals surface area contributed by atoms with Crippen LogP contribution in [0.2, 0.25) is 0 Å². The molecule has 10 heavy (non-hydrogen) atoms. The minimum Gasteiger partial charge on any atom is -0.481 e. The number of carboxylic acids is 1. The van der Waals surface area contributed by atoms with E-state index in [4.69, 9.17) is 10.2 Å². The van der Waals surface area contributed by atoms with Crippen LogP contribution in [0.25, 0.3) is 0 Å². The van der Waals surface area contributed by atoms with Crippen molar-refractivity contribution in [3.63, 3.8) is 0 Å². The maximum Gasteiger partial charge on any atom is 0.311 e. The summed E-state index contributed by atoms with van der Waals surface area (Å²) in [5.41, 5.74) is -0.598. The highest BCUT2D eigenvalue weighted by Gasteiger charge is 2.44. The van der Waals surface area contributed by atoms with E-state index in [9.17, 15) is 4.79 Å². The van der Waals surface area contributed by atoms with E-state index in [1.807, 2.05) is 0 Å². The second-order valence-electron chi connectivity index (χ2n) is 2.55. The molecule has 1 aliphatic heterocycles. The van der Waals surface area contributed by atoms with Crippen molar-refractivity contribution in [3.05, 3.63) is 0 Å². The monoisotopic (exact) mass is 162 g/mol. The first kappa shape index (κ1) is 7.88. The molecule has 3 nitrogen and oxygen atoms in total. The SMILES string of the molecule is O=C(O)C1(CCO)CSC1. The van der Waals surface area contributed by atoms with Gasteiger partial charge >= 0.3 is 5.97 Å². The van der Waals surface area contributed by atoms with Gasteiger partial charge in [0.05, 0.1) is 5.41 Å². The topological polar surface area (TPSA) is 57.5 Å². The number of hydrogen-bond acceptors (Lipinski definition) is 3. The zero-order valence-corrected chi connectivity index (χ0v) is 6.36. The lowest BCUT2D eigenvalue weighted by Gasteiger charge is -2.36. The largest absolute Gasteiger partial charge is 0.481 e. The van der Waals surface area contributed by atoms with Crippen LogP contribution in [0.1, 0.15) is 6.42 Å². The molecule has 0 aromatic heterocycles. The molecule has 0 aromatic carbocycles. The second-order valence-corrected chi connectivity index (χ2v) is 3.54. The van der Waals surface area contributed by atoms with Crippen molar-refractivity contribution < 1.29 is 15.0 Å². The summed E-state index contributed by atoms with van der Waals surface area (Å²) in [6, 6.07) is 0. The van der Waals surface area contributed by atoms with Gasteiger partial charge in [-0.1, -0.05) is 0 Å². The van der Waals surface area contributed by atoms with E-state index in [1.165, 1.54) is 0 Å². The van der Waals surface area contributed by atoms with Gasteiger partial charge in [0.2, 0.25) is 0 Å². The van der Waals surface area contributed by atoms with Crippen LogP contribution in [-0.4, -0.2) is 34.3 Å². The van der Waals surface area contributed by atoms with E-state index >= 15 is 0 Å². The van der Waals surface area contributed by atoms with E-state index in [0.29, 0.717) is 17.9 Å². The Bertz CT molecular complexity index is 142. The quantitative estimate of drug-likeness (QED) is 0.622. The Morgan fingerprint density at radius 1 is 1.60 bits per heavy atom. The third-order valence-electron chi connectivity index (χ3n) is 1.80. The van der Waals surface area contributed by atoms with Crippen molar-refractivity contribution >= 4 is 17.7 Å². The maximum absolute atomic E-state index is 10.6. The van der Waals surface area contributed by atoms with Gasteiger partial charge < -0.3 is 10.2 Å². The molecule has 0 aromatic rings. The van der Waals surface area contributed by atoms with Crippen LogP contribution in [0.5, 0.6) is 0 Å². The molecule has 1 heterocycles. The zero-order valence-electron chi connectivity index (χ0n) is 5.54. The standard InChI is InChI=1S/C6H10O3S/c7-2-1-6(5(8)9)3-10-4-6/h7H,1-4H2,(H,8,9). The third-order valence-corrected chi connectivity index (χ3v) is 3.31. The van der Waals surface area contributed by atoms with Gasteiger partial charge in [-0.05, 0) is 6.42 Å². The van der Waals surface area contributed by atoms with Gasteiger partial charge in [0, 0.05) is 18.1 Å². The molecule has 2 N–H and O–H groups in total. The van der Waals surface area contributed by atoms with Crippen LogP contribution in [-0.2, 0) is 4.79 Å². The second kappa shape index (κ2) is 2.80. The molecule has 0 atom stereocenters. The number of hydrogen-bond donors (Lipinski definition) is 2. The van der Waals surface area contributed by atoms with Crippen LogP contribution >= 0.6 is 11.8 Å². The number of carbonyl (C=O) groups is 1. The van der Waals surface area contributed by atoms with E-state index < -0.39 is 11.4 Å². The van der Waals surface area contributed by atoms with Crippen molar-refractivity contribution in [2.24, 2.45) is 5.41 Å². The first-order valence-corrected chi connectivity index (χ1v) is 4.29. The Balaban J connectivity index is 2.50. The Morgan fingerprint density at radius 2 is 2.20 bits per heavy atom. The molecule has 1 aliphatic rings. The van der Waals surface area contributed by atoms with Crippen molar-refractivity contribution in [3.8, 4) is 0 Å². The van der Waals surface area contributed by atoms with Crippen molar-refractivity contribution in [1.82, 2.24) is 0 Å². The molecule has 0 spiro atoms. The summed E-state index contributed by atoms with van der Waals surface area (Å²) >= 11 is 1.62. The summed E-state index contributed by atoms with van der Waals surface area (Å²) in [4.78, 5) is 10.6. The summed E-state index contributed by atoms with van der Waals surface area (Å²) in [7, 11) is 0. The number of aliphatic hydroxyl groups excluding tert-OH is 1. The van der Waals surface area contributed by atoms with Gasteiger partial charge in [-0.3, -0.25) is 4.79 Å². The smallest absolute Gasteiger partial charge is 0.311 e. The fourth-order valence-corrected chi connectivity index (χ4v) is 2.17. The molecule has 0 unspecified atom stereocenters. The first-order valence-electron chi connectivity index (χ1n) is 3.13. The van der Waals surface area contributed by atoms with E-state index in [1.54, 1.807) is 11.8 Å². The lowest BCUT2D eigenvalue weighted by Crippen LogP contribution is -2.44. The molecule has 1 saturated heterocycles. The number of rotatable bonds is 3. The molecule has 0 radical (unpaired) electrons. The van der Waals surface area contributed by atoms with E-state index in [-0.39, 0.29) is 6.61 Å². The average Bonchev–Trinajstić information content (AvgIpc) is 1.77. The fraction of sp³-hybridized carbons (Fsp3) is 0.833. The zero-order chi connectivity index (χ0) is 7.61. The first-order chi connectivity index (χ1) is 4.71. The van der Waals surface area contributed by atoms with Crippen LogP contribution in [0.4, 0.5) is 0 Å². The molecular weight excluding hydrogens is 152 g/mol. The fourth-order valence-electron chi connectivity index (χ4n) is 0.937. The summed E-state index contributed by atoms with van der Waals surface area (Å²) in [5.74, 6) is 0.548. The Kier molecular flexibility index (Phi) is 2.21. The molecule has 0 bridgehead atoms. The summed E-state index contributed by atoms with van der Waals surface area (Å²) in [6.07, 6.45) is 0.398. The number of thioether (sulfide) groups is 1. The maximum atomic E-state index is 10.6. The molecule has 1 rings (SSSR count). The predicted molar refractivity (Wildman–Crippen MR) is 39.1 cm³/mol. The molecule has 58 valence electrons. The van der Waals surface area contributed by atoms with Crippen LogP contribution in [0.3, 0.4) is 0 Å². The third kappa shape index (κ3) is 1.13. The van der Waals surface area contributed by atoms with Gasteiger partial charge in [-0.15, -0.1) is 0 Å².